The van der Waals surface area contributed by atoms with E-state index in [0.29, 0.717) is 18.8 Å². The van der Waals surface area contributed by atoms with Gasteiger partial charge in [-0.25, -0.2) is 4.79 Å². The van der Waals surface area contributed by atoms with Crippen molar-refractivity contribution in [3.63, 3.8) is 0 Å². The van der Waals surface area contributed by atoms with Crippen LogP contribution >= 0.6 is 0 Å². The van der Waals surface area contributed by atoms with E-state index in [1.807, 2.05) is 42.5 Å². The van der Waals surface area contributed by atoms with Crippen molar-refractivity contribution in [2.24, 2.45) is 11.8 Å². The number of hydrogen-bond donors (Lipinski definition) is 3. The van der Waals surface area contributed by atoms with Crippen molar-refractivity contribution in [2.75, 3.05) is 13.2 Å². The molecule has 0 radical (unpaired) electrons. The molecule has 1 heterocycles. The summed E-state index contributed by atoms with van der Waals surface area (Å²) in [5.74, 6) is -0.0179. The summed E-state index contributed by atoms with van der Waals surface area (Å²) in [6.45, 7) is 0.664. The standard InChI is InChI=1S/C26H30O6/c27-20(16-31-21-7-2-1-3-8-21)10-12-22-23-11-9-19(15-32-25(23)14-24(22)28)17-5-4-6-18(13-17)26(29)30/h1-8,10,12-13,19-20,22-25,27-28H,9,11,14-16H2,(H,29,30)/t19-,20+,22+,23+,24+,25-/m0/s1. The number of carboxylic acid groups (broad SMARTS) is 1. The zero-order valence-electron chi connectivity index (χ0n) is 17.9. The van der Waals surface area contributed by atoms with Gasteiger partial charge in [-0.15, -0.1) is 0 Å². The lowest BCUT2D eigenvalue weighted by Crippen LogP contribution is -2.22. The van der Waals surface area contributed by atoms with Crippen molar-refractivity contribution in [1.29, 1.82) is 0 Å². The highest BCUT2D eigenvalue weighted by molar-refractivity contribution is 5.87. The summed E-state index contributed by atoms with van der Waals surface area (Å²) in [5, 5.41) is 30.2. The molecule has 1 saturated carbocycles. The van der Waals surface area contributed by atoms with Crippen LogP contribution in [0, 0.1) is 11.8 Å². The lowest BCUT2D eigenvalue weighted by atomic mass is 9.85. The summed E-state index contributed by atoms with van der Waals surface area (Å²) >= 11 is 0. The minimum atomic E-state index is -0.929. The Morgan fingerprint density at radius 2 is 1.97 bits per heavy atom. The van der Waals surface area contributed by atoms with Gasteiger partial charge in [0.1, 0.15) is 18.5 Å². The maximum atomic E-state index is 11.3. The Balaban J connectivity index is 1.36. The van der Waals surface area contributed by atoms with E-state index in [9.17, 15) is 20.1 Å². The molecule has 6 atom stereocenters. The van der Waals surface area contributed by atoms with Crippen molar-refractivity contribution < 1.29 is 29.6 Å². The van der Waals surface area contributed by atoms with Crippen LogP contribution in [0.25, 0.3) is 0 Å². The molecule has 0 spiro atoms. The van der Waals surface area contributed by atoms with E-state index in [1.165, 1.54) is 0 Å². The molecule has 2 aromatic rings. The molecule has 2 aromatic carbocycles. The van der Waals surface area contributed by atoms with Crippen molar-refractivity contribution in [3.8, 4) is 5.75 Å². The first-order valence-electron chi connectivity index (χ1n) is 11.2. The molecule has 6 heteroatoms. The van der Waals surface area contributed by atoms with E-state index in [-0.39, 0.29) is 36.0 Å². The number of aliphatic hydroxyl groups is 2. The number of aliphatic hydroxyl groups excluding tert-OH is 2. The number of fused-ring (bicyclic) bond motifs is 1. The van der Waals surface area contributed by atoms with Gasteiger partial charge < -0.3 is 24.8 Å². The molecule has 0 amide bonds. The van der Waals surface area contributed by atoms with Crippen LogP contribution in [0.4, 0.5) is 0 Å². The third-order valence-electron chi connectivity index (χ3n) is 6.57. The predicted octanol–water partition coefficient (Wildman–Crippen LogP) is 3.64. The van der Waals surface area contributed by atoms with Gasteiger partial charge in [0, 0.05) is 18.3 Å². The number of rotatable bonds is 7. The molecule has 3 N–H and O–H groups in total. The molecule has 0 unspecified atom stereocenters. The Bertz CT molecular complexity index is 927. The normalized spacial score (nSPS) is 28.8. The van der Waals surface area contributed by atoms with Crippen molar-refractivity contribution in [1.82, 2.24) is 0 Å². The Kier molecular flexibility index (Phi) is 7.25. The van der Waals surface area contributed by atoms with Gasteiger partial charge in [0.15, 0.2) is 0 Å². The first-order valence-corrected chi connectivity index (χ1v) is 11.2. The third kappa shape index (κ3) is 5.38. The third-order valence-corrected chi connectivity index (χ3v) is 6.57. The zero-order valence-corrected chi connectivity index (χ0v) is 17.9. The highest BCUT2D eigenvalue weighted by Gasteiger charge is 2.43. The molecule has 6 nitrogen and oxygen atoms in total. The Morgan fingerprint density at radius 1 is 1.16 bits per heavy atom. The molecule has 32 heavy (non-hydrogen) atoms. The fraction of sp³-hybridized carbons (Fsp3) is 0.423. The molecule has 1 aliphatic carbocycles. The number of carboxylic acids is 1. The van der Waals surface area contributed by atoms with E-state index >= 15 is 0 Å². The average molecular weight is 439 g/mol. The van der Waals surface area contributed by atoms with Crippen LogP contribution in [0.1, 0.15) is 41.1 Å². The van der Waals surface area contributed by atoms with Gasteiger partial charge in [-0.05, 0) is 48.6 Å². The zero-order chi connectivity index (χ0) is 22.5. The van der Waals surface area contributed by atoms with Crippen LogP contribution in [-0.4, -0.2) is 52.8 Å². The molecule has 1 saturated heterocycles. The second kappa shape index (κ2) is 10.3. The Morgan fingerprint density at radius 3 is 2.75 bits per heavy atom. The van der Waals surface area contributed by atoms with E-state index in [4.69, 9.17) is 9.47 Å². The molecule has 4 rings (SSSR count). The van der Waals surface area contributed by atoms with Gasteiger partial charge in [0.05, 0.1) is 24.4 Å². The number of carbonyl (C=O) groups is 1. The van der Waals surface area contributed by atoms with E-state index < -0.39 is 18.2 Å². The lowest BCUT2D eigenvalue weighted by Gasteiger charge is -2.21. The van der Waals surface area contributed by atoms with Crippen molar-refractivity contribution in [3.05, 3.63) is 77.9 Å². The quantitative estimate of drug-likeness (QED) is 0.571. The highest BCUT2D eigenvalue weighted by Crippen LogP contribution is 2.43. The fourth-order valence-electron chi connectivity index (χ4n) is 4.86. The average Bonchev–Trinajstić information content (AvgIpc) is 2.96. The van der Waals surface area contributed by atoms with Gasteiger partial charge in [-0.3, -0.25) is 0 Å². The molecule has 2 fully saturated rings. The summed E-state index contributed by atoms with van der Waals surface area (Å²) in [5.41, 5.74) is 1.26. The van der Waals surface area contributed by atoms with E-state index in [0.717, 1.165) is 18.4 Å². The summed E-state index contributed by atoms with van der Waals surface area (Å²) < 4.78 is 11.8. The minimum Gasteiger partial charge on any atom is -0.491 e. The molecule has 2 aliphatic rings. The molecule has 1 aliphatic heterocycles. The monoisotopic (exact) mass is 438 g/mol. The van der Waals surface area contributed by atoms with E-state index in [1.54, 1.807) is 24.3 Å². The van der Waals surface area contributed by atoms with Crippen LogP contribution in [0.15, 0.2) is 66.7 Å². The maximum Gasteiger partial charge on any atom is 0.335 e. The first-order chi connectivity index (χ1) is 15.5. The van der Waals surface area contributed by atoms with Crippen molar-refractivity contribution >= 4 is 5.97 Å². The SMILES string of the molecule is O=C(O)c1cccc([C@H]2CC[C@@H]3[C@@H](C=C[C@@H](O)COc4ccccc4)[C@H](O)C[C@@H]3OC2)c1. The van der Waals surface area contributed by atoms with Crippen LogP contribution in [-0.2, 0) is 4.74 Å². The smallest absolute Gasteiger partial charge is 0.335 e. The molecule has 0 aromatic heterocycles. The topological polar surface area (TPSA) is 96.2 Å². The number of benzene rings is 2. The second-order valence-corrected chi connectivity index (χ2v) is 8.70. The number of ether oxygens (including phenoxy) is 2. The summed E-state index contributed by atoms with van der Waals surface area (Å²) in [7, 11) is 0. The highest BCUT2D eigenvalue weighted by atomic mass is 16.5. The van der Waals surface area contributed by atoms with Gasteiger partial charge in [-0.1, -0.05) is 42.5 Å². The summed E-state index contributed by atoms with van der Waals surface area (Å²) in [6, 6.07) is 16.4. The number of para-hydroxylation sites is 1. The molecule has 0 bridgehead atoms. The largest absolute Gasteiger partial charge is 0.491 e. The van der Waals surface area contributed by atoms with Crippen LogP contribution in [0.2, 0.25) is 0 Å². The van der Waals surface area contributed by atoms with Crippen molar-refractivity contribution in [2.45, 2.75) is 43.5 Å². The maximum absolute atomic E-state index is 11.3. The minimum absolute atomic E-state index is 0.0370. The predicted molar refractivity (Wildman–Crippen MR) is 120 cm³/mol. The second-order valence-electron chi connectivity index (χ2n) is 8.70. The van der Waals surface area contributed by atoms with E-state index in [2.05, 4.69) is 0 Å². The van der Waals surface area contributed by atoms with Gasteiger partial charge in [-0.2, -0.15) is 0 Å². The van der Waals surface area contributed by atoms with Crippen LogP contribution < -0.4 is 4.74 Å². The van der Waals surface area contributed by atoms with Crippen LogP contribution in [0.3, 0.4) is 0 Å². The number of aromatic carboxylic acids is 1. The molecular weight excluding hydrogens is 408 g/mol. The van der Waals surface area contributed by atoms with Gasteiger partial charge >= 0.3 is 5.97 Å². The Hall–Kier alpha value is -2.67. The first kappa shape index (κ1) is 22.5. The number of hydrogen-bond acceptors (Lipinski definition) is 5. The molecular formula is C26H30O6. The lowest BCUT2D eigenvalue weighted by molar-refractivity contribution is 0.0286. The van der Waals surface area contributed by atoms with Gasteiger partial charge in [0.2, 0.25) is 0 Å². The fourth-order valence-corrected chi connectivity index (χ4v) is 4.86. The summed E-state index contributed by atoms with van der Waals surface area (Å²) in [6.07, 6.45) is 4.61. The Labute approximate surface area is 188 Å². The summed E-state index contributed by atoms with van der Waals surface area (Å²) in [4.78, 5) is 11.3. The molecule has 170 valence electrons. The van der Waals surface area contributed by atoms with Gasteiger partial charge in [0.25, 0.3) is 0 Å². The van der Waals surface area contributed by atoms with Crippen LogP contribution in [0.5, 0.6) is 5.75 Å².